The summed E-state index contributed by atoms with van der Waals surface area (Å²) in [6.07, 6.45) is 1.31. The molecule has 1 unspecified atom stereocenters. The number of anilines is 2. The second-order valence-corrected chi connectivity index (χ2v) is 13.0. The molecule has 0 saturated heterocycles. The van der Waals surface area contributed by atoms with E-state index in [1.165, 1.54) is 23.1 Å². The Balaban J connectivity index is 1.56. The average molecular weight is 591 g/mol. The number of rotatable bonds is 8. The number of thiophene rings is 1. The van der Waals surface area contributed by atoms with Gasteiger partial charge in [0.2, 0.25) is 11.8 Å². The van der Waals surface area contributed by atoms with E-state index >= 15 is 0 Å². The Kier molecular flexibility index (Phi) is 9.73. The Morgan fingerprint density at radius 2 is 1.88 bits per heavy atom. The lowest BCUT2D eigenvalue weighted by Crippen LogP contribution is -2.39. The van der Waals surface area contributed by atoms with E-state index in [2.05, 4.69) is 16.7 Å². The minimum atomic E-state index is -0.610. The Bertz CT molecular complexity index is 1460. The van der Waals surface area contributed by atoms with E-state index in [0.29, 0.717) is 42.2 Å². The summed E-state index contributed by atoms with van der Waals surface area (Å²) in [5, 5.41) is 15.8. The van der Waals surface area contributed by atoms with Gasteiger partial charge in [0.25, 0.3) is 0 Å². The maximum Gasteiger partial charge on any atom is 0.410 e. The standard InChI is InChI=1S/C31H34N4O4S2/c1-5-10-26(36)33-21-13-9-14-22(17-21)40-27(20-11-7-6-8-12-20)28(37)34-29-24(18-32)23-15-16-35(19-25(23)41-29)30(38)39-31(2,3)4/h6-9,11-14,17,27H,5,10,15-16,19H2,1-4H3,(H,33,36)(H,34,37). The number of nitrogens with zero attached hydrogens (tertiary/aromatic N) is 2. The minimum absolute atomic E-state index is 0.0528. The molecule has 2 N–H and O–H groups in total. The molecule has 0 fully saturated rings. The fraction of sp³-hybridized carbons (Fsp3) is 0.355. The zero-order chi connectivity index (χ0) is 29.6. The fourth-order valence-electron chi connectivity index (χ4n) is 4.40. The molecule has 214 valence electrons. The van der Waals surface area contributed by atoms with Gasteiger partial charge in [-0.1, -0.05) is 43.3 Å². The molecule has 1 aromatic heterocycles. The predicted octanol–water partition coefficient (Wildman–Crippen LogP) is 7.12. The van der Waals surface area contributed by atoms with Crippen molar-refractivity contribution < 1.29 is 19.1 Å². The molecular formula is C31H34N4O4S2. The Morgan fingerprint density at radius 1 is 1.12 bits per heavy atom. The third kappa shape index (κ3) is 7.90. The third-order valence-corrected chi connectivity index (χ3v) is 8.63. The Morgan fingerprint density at radius 3 is 2.56 bits per heavy atom. The molecule has 4 rings (SSSR count). The van der Waals surface area contributed by atoms with Crippen LogP contribution in [0.25, 0.3) is 0 Å². The summed E-state index contributed by atoms with van der Waals surface area (Å²) >= 11 is 2.70. The number of carbonyl (C=O) groups excluding carboxylic acids is 3. The average Bonchev–Trinajstić information content (AvgIpc) is 3.27. The van der Waals surface area contributed by atoms with Crippen molar-refractivity contribution in [3.8, 4) is 6.07 Å². The van der Waals surface area contributed by atoms with Crippen LogP contribution in [0.5, 0.6) is 0 Å². The van der Waals surface area contributed by atoms with Gasteiger partial charge in [-0.3, -0.25) is 9.59 Å². The lowest BCUT2D eigenvalue weighted by Gasteiger charge is -2.29. The molecule has 0 aliphatic carbocycles. The highest BCUT2D eigenvalue weighted by Crippen LogP contribution is 2.41. The van der Waals surface area contributed by atoms with Gasteiger partial charge in [0, 0.05) is 28.4 Å². The van der Waals surface area contributed by atoms with Crippen LogP contribution in [-0.2, 0) is 27.3 Å². The summed E-state index contributed by atoms with van der Waals surface area (Å²) in [7, 11) is 0. The van der Waals surface area contributed by atoms with Gasteiger partial charge in [0.1, 0.15) is 21.9 Å². The van der Waals surface area contributed by atoms with Gasteiger partial charge in [-0.2, -0.15) is 5.26 Å². The first kappa shape index (κ1) is 30.2. The van der Waals surface area contributed by atoms with Crippen molar-refractivity contribution in [2.45, 2.75) is 69.2 Å². The number of ether oxygens (including phenoxy) is 1. The molecule has 2 heterocycles. The Hall–Kier alpha value is -3.81. The summed E-state index contributed by atoms with van der Waals surface area (Å²) in [4.78, 5) is 41.9. The van der Waals surface area contributed by atoms with Gasteiger partial charge in [-0.25, -0.2) is 4.79 Å². The van der Waals surface area contributed by atoms with Crippen LogP contribution in [0, 0.1) is 11.3 Å². The number of carbonyl (C=O) groups is 3. The lowest BCUT2D eigenvalue weighted by atomic mass is 10.0. The summed E-state index contributed by atoms with van der Waals surface area (Å²) in [6, 6.07) is 19.2. The molecule has 0 spiro atoms. The number of fused-ring (bicyclic) bond motifs is 1. The summed E-state index contributed by atoms with van der Waals surface area (Å²) in [5.41, 5.74) is 2.19. The molecule has 1 aliphatic heterocycles. The van der Waals surface area contributed by atoms with E-state index in [4.69, 9.17) is 4.74 Å². The number of hydrogen-bond acceptors (Lipinski definition) is 7. The molecule has 3 aromatic rings. The van der Waals surface area contributed by atoms with E-state index in [1.54, 1.807) is 4.90 Å². The predicted molar refractivity (Wildman–Crippen MR) is 163 cm³/mol. The SMILES string of the molecule is CCCC(=O)Nc1cccc(SC(C(=O)Nc2sc3c(c2C#N)CCN(C(=O)OC(C)(C)C)C3)c2ccccc2)c1. The second-order valence-electron chi connectivity index (χ2n) is 10.7. The summed E-state index contributed by atoms with van der Waals surface area (Å²) < 4.78 is 5.53. The zero-order valence-electron chi connectivity index (χ0n) is 23.7. The molecule has 1 atom stereocenters. The van der Waals surface area contributed by atoms with Crippen molar-refractivity contribution >= 4 is 51.7 Å². The zero-order valence-corrected chi connectivity index (χ0v) is 25.3. The highest BCUT2D eigenvalue weighted by Gasteiger charge is 2.31. The van der Waals surface area contributed by atoms with Crippen LogP contribution in [0.1, 0.15) is 67.4 Å². The van der Waals surface area contributed by atoms with Crippen LogP contribution in [0.4, 0.5) is 15.5 Å². The van der Waals surface area contributed by atoms with Gasteiger partial charge in [0.15, 0.2) is 0 Å². The van der Waals surface area contributed by atoms with Crippen LogP contribution in [-0.4, -0.2) is 35.0 Å². The molecule has 0 saturated carbocycles. The first-order valence-electron chi connectivity index (χ1n) is 13.5. The first-order chi connectivity index (χ1) is 19.6. The molecule has 2 aromatic carbocycles. The van der Waals surface area contributed by atoms with E-state index < -0.39 is 16.9 Å². The van der Waals surface area contributed by atoms with Crippen molar-refractivity contribution in [3.05, 3.63) is 76.2 Å². The molecule has 8 nitrogen and oxygen atoms in total. The van der Waals surface area contributed by atoms with Crippen molar-refractivity contribution in [2.75, 3.05) is 17.2 Å². The van der Waals surface area contributed by atoms with Crippen molar-refractivity contribution in [1.82, 2.24) is 4.90 Å². The van der Waals surface area contributed by atoms with Crippen molar-refractivity contribution in [3.63, 3.8) is 0 Å². The maximum atomic E-state index is 13.8. The van der Waals surface area contributed by atoms with E-state index in [9.17, 15) is 19.6 Å². The van der Waals surface area contributed by atoms with Crippen LogP contribution in [0.3, 0.4) is 0 Å². The number of nitrogens with one attached hydrogen (secondary N) is 2. The van der Waals surface area contributed by atoms with Gasteiger partial charge >= 0.3 is 6.09 Å². The van der Waals surface area contributed by atoms with Gasteiger partial charge in [0.05, 0.1) is 12.1 Å². The molecule has 1 aliphatic rings. The molecule has 0 radical (unpaired) electrons. The highest BCUT2D eigenvalue weighted by atomic mass is 32.2. The van der Waals surface area contributed by atoms with Crippen LogP contribution in [0.2, 0.25) is 0 Å². The van der Waals surface area contributed by atoms with Crippen LogP contribution < -0.4 is 10.6 Å². The van der Waals surface area contributed by atoms with Crippen LogP contribution >= 0.6 is 23.1 Å². The monoisotopic (exact) mass is 590 g/mol. The molecule has 41 heavy (non-hydrogen) atoms. The topological polar surface area (TPSA) is 112 Å². The number of amides is 3. The van der Waals surface area contributed by atoms with E-state index in [-0.39, 0.29) is 11.8 Å². The Labute approximate surface area is 249 Å². The number of benzene rings is 2. The fourth-order valence-corrected chi connectivity index (χ4v) is 6.70. The van der Waals surface area contributed by atoms with Crippen LogP contribution in [0.15, 0.2) is 59.5 Å². The van der Waals surface area contributed by atoms with E-state index in [1.807, 2.05) is 82.3 Å². The van der Waals surface area contributed by atoms with Crippen molar-refractivity contribution in [1.29, 1.82) is 5.26 Å². The van der Waals surface area contributed by atoms with Gasteiger partial charge in [-0.05, 0) is 62.9 Å². The number of thioether (sulfide) groups is 1. The normalized spacial score (nSPS) is 13.5. The largest absolute Gasteiger partial charge is 0.444 e. The molecule has 0 bridgehead atoms. The first-order valence-corrected chi connectivity index (χ1v) is 15.2. The van der Waals surface area contributed by atoms with E-state index in [0.717, 1.165) is 27.3 Å². The van der Waals surface area contributed by atoms with Gasteiger partial charge < -0.3 is 20.3 Å². The maximum absolute atomic E-state index is 13.8. The highest BCUT2D eigenvalue weighted by molar-refractivity contribution is 8.00. The quantitative estimate of drug-likeness (QED) is 0.270. The lowest BCUT2D eigenvalue weighted by molar-refractivity contribution is -0.116. The van der Waals surface area contributed by atoms with Gasteiger partial charge in [-0.15, -0.1) is 23.1 Å². The van der Waals surface area contributed by atoms with Crippen molar-refractivity contribution in [2.24, 2.45) is 0 Å². The smallest absolute Gasteiger partial charge is 0.410 e. The number of nitriles is 1. The second kappa shape index (κ2) is 13.2. The molecular weight excluding hydrogens is 556 g/mol. The third-order valence-electron chi connectivity index (χ3n) is 6.25. The summed E-state index contributed by atoms with van der Waals surface area (Å²) in [5.74, 6) is -0.316. The molecule has 3 amide bonds. The summed E-state index contributed by atoms with van der Waals surface area (Å²) in [6.45, 7) is 8.20. The minimum Gasteiger partial charge on any atom is -0.444 e. The number of hydrogen-bond donors (Lipinski definition) is 2. The molecule has 10 heteroatoms.